The van der Waals surface area contributed by atoms with Gasteiger partial charge in [0.15, 0.2) is 0 Å². The lowest BCUT2D eigenvalue weighted by Crippen LogP contribution is -2.41. The number of carbonyl (C=O) groups is 1. The molecule has 1 aliphatic carbocycles. The standard InChI is InChI=1S/C8H17N3O/c1-10-11-8(12)6-2-4-7(9)5-3-6/h6-7,10H,2-5,9H2,1H3,(H,11,12). The first-order valence-electron chi connectivity index (χ1n) is 4.46. The maximum absolute atomic E-state index is 11.3. The van der Waals surface area contributed by atoms with Gasteiger partial charge in [0.05, 0.1) is 0 Å². The van der Waals surface area contributed by atoms with Crippen molar-refractivity contribution in [2.45, 2.75) is 31.7 Å². The smallest absolute Gasteiger partial charge is 0.237 e. The Hall–Kier alpha value is -0.610. The Balaban J connectivity index is 2.29. The Morgan fingerprint density at radius 2 is 1.92 bits per heavy atom. The molecule has 0 atom stereocenters. The molecule has 1 aliphatic rings. The lowest BCUT2D eigenvalue weighted by Gasteiger charge is -2.24. The molecular formula is C8H17N3O. The first kappa shape index (κ1) is 9.48. The predicted molar refractivity (Wildman–Crippen MR) is 47.1 cm³/mol. The van der Waals surface area contributed by atoms with E-state index >= 15 is 0 Å². The van der Waals surface area contributed by atoms with Crippen molar-refractivity contribution in [2.75, 3.05) is 7.05 Å². The molecule has 0 aromatic heterocycles. The summed E-state index contributed by atoms with van der Waals surface area (Å²) in [5.41, 5.74) is 11.0. The summed E-state index contributed by atoms with van der Waals surface area (Å²) in [5, 5.41) is 0. The van der Waals surface area contributed by atoms with Crippen molar-refractivity contribution in [1.82, 2.24) is 10.9 Å². The number of hydrogen-bond donors (Lipinski definition) is 3. The van der Waals surface area contributed by atoms with E-state index in [0.717, 1.165) is 25.7 Å². The molecule has 4 heteroatoms. The molecule has 0 aromatic rings. The minimum absolute atomic E-state index is 0.101. The molecule has 0 spiro atoms. The topological polar surface area (TPSA) is 67.1 Å². The molecule has 0 unspecified atom stereocenters. The summed E-state index contributed by atoms with van der Waals surface area (Å²) in [5.74, 6) is 0.265. The minimum Gasteiger partial charge on any atom is -0.328 e. The van der Waals surface area contributed by atoms with Gasteiger partial charge < -0.3 is 5.73 Å². The van der Waals surface area contributed by atoms with Crippen LogP contribution in [0.25, 0.3) is 0 Å². The fourth-order valence-corrected chi connectivity index (χ4v) is 1.61. The van der Waals surface area contributed by atoms with Crippen LogP contribution < -0.4 is 16.6 Å². The molecule has 12 heavy (non-hydrogen) atoms. The third kappa shape index (κ3) is 2.46. The molecule has 1 saturated carbocycles. The summed E-state index contributed by atoms with van der Waals surface area (Å²) in [6, 6.07) is 0.309. The number of nitrogens with two attached hydrogens (primary N) is 1. The average molecular weight is 171 g/mol. The lowest BCUT2D eigenvalue weighted by molar-refractivity contribution is -0.126. The van der Waals surface area contributed by atoms with Crippen LogP contribution >= 0.6 is 0 Å². The molecule has 0 radical (unpaired) electrons. The quantitative estimate of drug-likeness (QED) is 0.502. The second-order valence-corrected chi connectivity index (χ2v) is 3.35. The highest BCUT2D eigenvalue weighted by Crippen LogP contribution is 2.22. The molecule has 0 aromatic carbocycles. The van der Waals surface area contributed by atoms with Crippen molar-refractivity contribution < 1.29 is 4.79 Å². The van der Waals surface area contributed by atoms with Gasteiger partial charge in [0.2, 0.25) is 5.91 Å². The first-order valence-corrected chi connectivity index (χ1v) is 4.46. The van der Waals surface area contributed by atoms with Crippen molar-refractivity contribution in [2.24, 2.45) is 11.7 Å². The first-order chi connectivity index (χ1) is 5.74. The second kappa shape index (κ2) is 4.42. The third-order valence-electron chi connectivity index (χ3n) is 2.39. The lowest BCUT2D eigenvalue weighted by atomic mass is 9.86. The Bertz CT molecular complexity index is 152. The third-order valence-corrected chi connectivity index (χ3v) is 2.39. The Labute approximate surface area is 72.9 Å². The van der Waals surface area contributed by atoms with Crippen molar-refractivity contribution in [1.29, 1.82) is 0 Å². The van der Waals surface area contributed by atoms with E-state index in [-0.39, 0.29) is 11.8 Å². The highest BCUT2D eigenvalue weighted by molar-refractivity contribution is 5.78. The van der Waals surface area contributed by atoms with E-state index in [4.69, 9.17) is 5.73 Å². The number of amides is 1. The summed E-state index contributed by atoms with van der Waals surface area (Å²) in [6.45, 7) is 0. The normalized spacial score (nSPS) is 29.8. The van der Waals surface area contributed by atoms with Gasteiger partial charge >= 0.3 is 0 Å². The summed E-state index contributed by atoms with van der Waals surface area (Å²) >= 11 is 0. The molecule has 1 amide bonds. The number of carbonyl (C=O) groups excluding carboxylic acids is 1. The van der Waals surface area contributed by atoms with E-state index in [2.05, 4.69) is 10.9 Å². The van der Waals surface area contributed by atoms with E-state index < -0.39 is 0 Å². The average Bonchev–Trinajstić information content (AvgIpc) is 2.06. The number of hydrogen-bond acceptors (Lipinski definition) is 3. The summed E-state index contributed by atoms with van der Waals surface area (Å²) < 4.78 is 0. The summed E-state index contributed by atoms with van der Waals surface area (Å²) in [4.78, 5) is 11.3. The van der Waals surface area contributed by atoms with Gasteiger partial charge in [-0.15, -0.1) is 0 Å². The molecule has 0 bridgehead atoms. The second-order valence-electron chi connectivity index (χ2n) is 3.35. The monoisotopic (exact) mass is 171 g/mol. The Morgan fingerprint density at radius 1 is 1.33 bits per heavy atom. The predicted octanol–water partition coefficient (Wildman–Crippen LogP) is -0.246. The fraction of sp³-hybridized carbons (Fsp3) is 0.875. The van der Waals surface area contributed by atoms with Crippen molar-refractivity contribution in [3.05, 3.63) is 0 Å². The maximum Gasteiger partial charge on any atom is 0.237 e. The zero-order chi connectivity index (χ0) is 8.97. The van der Waals surface area contributed by atoms with Gasteiger partial charge in [-0.25, -0.2) is 5.43 Å². The van der Waals surface area contributed by atoms with Crippen molar-refractivity contribution in [3.8, 4) is 0 Å². The molecule has 1 fully saturated rings. The van der Waals surface area contributed by atoms with E-state index in [9.17, 15) is 4.79 Å². The summed E-state index contributed by atoms with van der Waals surface area (Å²) in [6.07, 6.45) is 3.80. The Morgan fingerprint density at radius 3 is 2.42 bits per heavy atom. The molecule has 70 valence electrons. The van der Waals surface area contributed by atoms with Gasteiger partial charge in [-0.2, -0.15) is 0 Å². The number of hydrazine groups is 1. The Kier molecular flexibility index (Phi) is 3.49. The number of nitrogens with one attached hydrogen (secondary N) is 2. The van der Waals surface area contributed by atoms with Crippen LogP contribution in [0.15, 0.2) is 0 Å². The van der Waals surface area contributed by atoms with Crippen LogP contribution in [0.3, 0.4) is 0 Å². The molecule has 0 saturated heterocycles. The maximum atomic E-state index is 11.3. The highest BCUT2D eigenvalue weighted by Gasteiger charge is 2.23. The molecule has 0 aliphatic heterocycles. The minimum atomic E-state index is 0.101. The van der Waals surface area contributed by atoms with Crippen LogP contribution in [-0.4, -0.2) is 19.0 Å². The van der Waals surface area contributed by atoms with E-state index in [1.807, 2.05) is 0 Å². The molecule has 0 heterocycles. The van der Waals surface area contributed by atoms with Crippen LogP contribution in [0.5, 0.6) is 0 Å². The van der Waals surface area contributed by atoms with Crippen LogP contribution in [0, 0.1) is 5.92 Å². The summed E-state index contributed by atoms with van der Waals surface area (Å²) in [7, 11) is 1.70. The molecule has 4 N–H and O–H groups in total. The van der Waals surface area contributed by atoms with E-state index in [1.54, 1.807) is 7.05 Å². The van der Waals surface area contributed by atoms with Gasteiger partial charge in [0.1, 0.15) is 0 Å². The highest BCUT2D eigenvalue weighted by atomic mass is 16.2. The molecular weight excluding hydrogens is 154 g/mol. The van der Waals surface area contributed by atoms with Gasteiger partial charge in [-0.1, -0.05) is 0 Å². The van der Waals surface area contributed by atoms with Gasteiger partial charge in [-0.3, -0.25) is 10.2 Å². The van der Waals surface area contributed by atoms with E-state index in [0.29, 0.717) is 6.04 Å². The van der Waals surface area contributed by atoms with Crippen LogP contribution in [-0.2, 0) is 4.79 Å². The largest absolute Gasteiger partial charge is 0.328 e. The van der Waals surface area contributed by atoms with Crippen LogP contribution in [0.4, 0.5) is 0 Å². The van der Waals surface area contributed by atoms with Crippen LogP contribution in [0.2, 0.25) is 0 Å². The SMILES string of the molecule is CNNC(=O)C1CCC(N)CC1. The van der Waals surface area contributed by atoms with Crippen molar-refractivity contribution >= 4 is 5.91 Å². The zero-order valence-electron chi connectivity index (χ0n) is 7.47. The zero-order valence-corrected chi connectivity index (χ0v) is 7.47. The van der Waals surface area contributed by atoms with Gasteiger partial charge in [0, 0.05) is 19.0 Å². The van der Waals surface area contributed by atoms with Gasteiger partial charge in [-0.05, 0) is 25.7 Å². The van der Waals surface area contributed by atoms with Crippen molar-refractivity contribution in [3.63, 3.8) is 0 Å². The molecule has 1 rings (SSSR count). The fourth-order valence-electron chi connectivity index (χ4n) is 1.61. The van der Waals surface area contributed by atoms with Gasteiger partial charge in [0.25, 0.3) is 0 Å². The molecule has 4 nitrogen and oxygen atoms in total. The van der Waals surface area contributed by atoms with Crippen LogP contribution in [0.1, 0.15) is 25.7 Å². The number of rotatable bonds is 2. The van der Waals surface area contributed by atoms with E-state index in [1.165, 1.54) is 0 Å².